The van der Waals surface area contributed by atoms with E-state index in [0.29, 0.717) is 29.8 Å². The van der Waals surface area contributed by atoms with E-state index in [0.717, 1.165) is 41.7 Å². The van der Waals surface area contributed by atoms with Gasteiger partial charge in [-0.3, -0.25) is 0 Å². The Morgan fingerprint density at radius 1 is 1.06 bits per heavy atom. The van der Waals surface area contributed by atoms with Gasteiger partial charge in [-0.15, -0.1) is 0 Å². The Hall–Kier alpha value is -1.89. The Labute approximate surface area is 198 Å². The van der Waals surface area contributed by atoms with Gasteiger partial charge < -0.3 is 14.2 Å². The van der Waals surface area contributed by atoms with Crippen LogP contribution in [0.2, 0.25) is 10.3 Å². The molecule has 170 valence electrons. The maximum absolute atomic E-state index is 6.36. The summed E-state index contributed by atoms with van der Waals surface area (Å²) in [5.41, 5.74) is 3.28. The van der Waals surface area contributed by atoms with Gasteiger partial charge in [0, 0.05) is 23.7 Å². The maximum atomic E-state index is 6.36. The number of imidazole rings is 1. The number of hydrogen-bond acceptors (Lipinski definition) is 5. The zero-order valence-corrected chi connectivity index (χ0v) is 20.1. The van der Waals surface area contributed by atoms with Crippen LogP contribution in [0.15, 0.2) is 24.3 Å². The molecule has 1 saturated carbocycles. The smallest absolute Gasteiger partial charge is 0.225 e. The molecule has 2 aliphatic rings. The van der Waals surface area contributed by atoms with E-state index in [1.165, 1.54) is 25.7 Å². The first-order valence-electron chi connectivity index (χ1n) is 11.5. The van der Waals surface area contributed by atoms with Crippen molar-refractivity contribution in [2.75, 3.05) is 24.7 Å². The summed E-state index contributed by atoms with van der Waals surface area (Å²) in [6, 6.07) is 7.99. The molecule has 0 N–H and O–H groups in total. The number of hydrogen-bond donors (Lipinski definition) is 0. The third-order valence-electron chi connectivity index (χ3n) is 6.85. The quantitative estimate of drug-likeness (QED) is 0.444. The Morgan fingerprint density at radius 2 is 1.88 bits per heavy atom. The molecule has 1 aliphatic carbocycles. The lowest BCUT2D eigenvalue weighted by Crippen LogP contribution is -2.45. The van der Waals surface area contributed by atoms with Gasteiger partial charge in [-0.2, -0.15) is 9.97 Å². The van der Waals surface area contributed by atoms with Gasteiger partial charge in [-0.25, -0.2) is 4.98 Å². The fourth-order valence-corrected chi connectivity index (χ4v) is 5.38. The monoisotopic (exact) mass is 473 g/mol. The highest BCUT2D eigenvalue weighted by Gasteiger charge is 2.29. The third-order valence-corrected chi connectivity index (χ3v) is 7.26. The standard InChI is InChI=1S/C24H29Cl2N5O/c1-15-6-8-17(9-7-15)13-31-21-20(18-4-3-5-19(25)12-18)27-23(26)28-22(21)29-24(31)30-10-11-32-14-16(30)2/h3-5,12,15-17H,6-11,13-14H2,1-2H3/t15-,16-,17-/m0/s1. The van der Waals surface area contributed by atoms with Gasteiger partial charge in [-0.05, 0) is 55.3 Å². The number of rotatable bonds is 4. The van der Waals surface area contributed by atoms with Crippen molar-refractivity contribution >= 4 is 40.3 Å². The second kappa shape index (κ2) is 9.16. The first-order chi connectivity index (χ1) is 15.5. The number of ether oxygens (including phenoxy) is 1. The van der Waals surface area contributed by atoms with Crippen molar-refractivity contribution in [1.82, 2.24) is 19.5 Å². The van der Waals surface area contributed by atoms with E-state index in [4.69, 9.17) is 32.9 Å². The van der Waals surface area contributed by atoms with Gasteiger partial charge in [0.1, 0.15) is 11.2 Å². The summed E-state index contributed by atoms with van der Waals surface area (Å²) in [6.45, 7) is 7.64. The van der Waals surface area contributed by atoms with E-state index < -0.39 is 0 Å². The number of nitrogens with zero attached hydrogens (tertiary/aromatic N) is 5. The molecule has 1 atom stereocenters. The van der Waals surface area contributed by atoms with Crippen molar-refractivity contribution in [3.63, 3.8) is 0 Å². The van der Waals surface area contributed by atoms with Crippen LogP contribution in [0.25, 0.3) is 22.4 Å². The SMILES string of the molecule is C[C@H]1COCCN1c1nc2nc(Cl)nc(-c3cccc(Cl)c3)c2n1C[C@H]1CC[C@H](C)CC1. The predicted molar refractivity (Wildman–Crippen MR) is 130 cm³/mol. The minimum atomic E-state index is 0.199. The van der Waals surface area contributed by atoms with Crippen LogP contribution in [0, 0.1) is 11.8 Å². The molecule has 1 aliphatic heterocycles. The molecule has 2 aromatic heterocycles. The minimum Gasteiger partial charge on any atom is -0.377 e. The maximum Gasteiger partial charge on any atom is 0.225 e. The summed E-state index contributed by atoms with van der Waals surface area (Å²) >= 11 is 12.7. The van der Waals surface area contributed by atoms with Gasteiger partial charge in [-0.1, -0.05) is 43.5 Å². The van der Waals surface area contributed by atoms with Crippen molar-refractivity contribution in [1.29, 1.82) is 0 Å². The number of morpholine rings is 1. The highest BCUT2D eigenvalue weighted by atomic mass is 35.5. The number of benzene rings is 1. The number of fused-ring (bicyclic) bond motifs is 1. The molecule has 0 spiro atoms. The molecule has 0 bridgehead atoms. The van der Waals surface area contributed by atoms with Crippen molar-refractivity contribution < 1.29 is 4.74 Å². The van der Waals surface area contributed by atoms with Crippen molar-refractivity contribution in [2.24, 2.45) is 11.8 Å². The van der Waals surface area contributed by atoms with Crippen LogP contribution >= 0.6 is 23.2 Å². The Morgan fingerprint density at radius 3 is 2.62 bits per heavy atom. The molecule has 5 rings (SSSR count). The highest BCUT2D eigenvalue weighted by Crippen LogP contribution is 2.36. The van der Waals surface area contributed by atoms with E-state index >= 15 is 0 Å². The number of anilines is 1. The summed E-state index contributed by atoms with van der Waals surface area (Å²) in [5, 5.41) is 0.866. The zero-order valence-electron chi connectivity index (χ0n) is 18.6. The summed E-state index contributed by atoms with van der Waals surface area (Å²) in [5.74, 6) is 2.37. The zero-order chi connectivity index (χ0) is 22.2. The van der Waals surface area contributed by atoms with Crippen LogP contribution in [0.5, 0.6) is 0 Å². The van der Waals surface area contributed by atoms with Crippen molar-refractivity contribution in [2.45, 2.75) is 52.1 Å². The first kappa shape index (κ1) is 21.9. The molecule has 3 aromatic rings. The molecule has 32 heavy (non-hydrogen) atoms. The van der Waals surface area contributed by atoms with Gasteiger partial charge >= 0.3 is 0 Å². The third kappa shape index (κ3) is 4.33. The van der Waals surface area contributed by atoms with Crippen molar-refractivity contribution in [3.8, 4) is 11.3 Å². The fourth-order valence-electron chi connectivity index (χ4n) is 5.02. The molecule has 3 heterocycles. The summed E-state index contributed by atoms with van der Waals surface area (Å²) in [7, 11) is 0. The molecule has 0 unspecified atom stereocenters. The van der Waals surface area contributed by atoms with E-state index in [-0.39, 0.29) is 11.3 Å². The average molecular weight is 474 g/mol. The van der Waals surface area contributed by atoms with Crippen LogP contribution in [-0.2, 0) is 11.3 Å². The van der Waals surface area contributed by atoms with Crippen molar-refractivity contribution in [3.05, 3.63) is 34.6 Å². The van der Waals surface area contributed by atoms with Crippen LogP contribution in [0.3, 0.4) is 0 Å². The number of halogens is 2. The molecule has 0 radical (unpaired) electrons. The summed E-state index contributed by atoms with van der Waals surface area (Å²) in [4.78, 5) is 16.5. The molecular weight excluding hydrogens is 445 g/mol. The highest BCUT2D eigenvalue weighted by molar-refractivity contribution is 6.31. The largest absolute Gasteiger partial charge is 0.377 e. The topological polar surface area (TPSA) is 56.1 Å². The Bertz CT molecular complexity index is 1110. The van der Waals surface area contributed by atoms with Crippen LogP contribution < -0.4 is 4.90 Å². The average Bonchev–Trinajstić information content (AvgIpc) is 3.12. The van der Waals surface area contributed by atoms with Gasteiger partial charge in [0.05, 0.1) is 19.3 Å². The van der Waals surface area contributed by atoms with Crippen LogP contribution in [0.4, 0.5) is 5.95 Å². The van der Waals surface area contributed by atoms with E-state index in [9.17, 15) is 0 Å². The van der Waals surface area contributed by atoms with Gasteiger partial charge in [0.2, 0.25) is 11.2 Å². The molecule has 8 heteroatoms. The lowest BCUT2D eigenvalue weighted by Gasteiger charge is -2.35. The first-order valence-corrected chi connectivity index (χ1v) is 12.3. The lowest BCUT2D eigenvalue weighted by atomic mass is 9.83. The molecule has 1 saturated heterocycles. The van der Waals surface area contributed by atoms with Gasteiger partial charge in [0.25, 0.3) is 0 Å². The molecular formula is C24H29Cl2N5O. The summed E-state index contributed by atoms with van der Waals surface area (Å²) < 4.78 is 8.03. The van der Waals surface area contributed by atoms with E-state index in [2.05, 4.69) is 33.3 Å². The minimum absolute atomic E-state index is 0.199. The van der Waals surface area contributed by atoms with E-state index in [1.807, 2.05) is 24.3 Å². The Kier molecular flexibility index (Phi) is 6.28. The normalized spacial score (nSPS) is 24.2. The van der Waals surface area contributed by atoms with E-state index in [1.54, 1.807) is 0 Å². The van der Waals surface area contributed by atoms with Crippen LogP contribution in [0.1, 0.15) is 39.5 Å². The molecule has 2 fully saturated rings. The second-order valence-electron chi connectivity index (χ2n) is 9.29. The second-order valence-corrected chi connectivity index (χ2v) is 10.1. The lowest BCUT2D eigenvalue weighted by molar-refractivity contribution is 0.0976. The molecule has 6 nitrogen and oxygen atoms in total. The Balaban J connectivity index is 1.67. The summed E-state index contributed by atoms with van der Waals surface area (Å²) in [6.07, 6.45) is 5.04. The molecule has 0 amide bonds. The fraction of sp³-hybridized carbons (Fsp3) is 0.542. The number of aromatic nitrogens is 4. The van der Waals surface area contributed by atoms with Crippen LogP contribution in [-0.4, -0.2) is 45.3 Å². The predicted octanol–water partition coefficient (Wildman–Crippen LogP) is 5.85. The van der Waals surface area contributed by atoms with Gasteiger partial charge in [0.15, 0.2) is 5.65 Å². The molecule has 1 aromatic carbocycles.